The van der Waals surface area contributed by atoms with Crippen LogP contribution >= 0.6 is 0 Å². The summed E-state index contributed by atoms with van der Waals surface area (Å²) < 4.78 is 2.29. The molecular formula is C38H44N4. The standard InChI is InChI=1S/C38H44N4/c1-23(2)28-16-12-17-29(24(3)4)36(28)40-33-21-25(5)22-34-37(33)41-38(42(34)7)30-18-10-14-27-15-11-20-32(35(27)30)39-31-19-9-8-13-26(31)6/h8-10,12-14,16-19,21-24,32,39-40H,11,15,20H2,1-7H3. The lowest BCUT2D eigenvalue weighted by Crippen LogP contribution is -2.19. The molecule has 0 bridgehead atoms. The molecule has 1 aliphatic rings. The third kappa shape index (κ3) is 5.08. The van der Waals surface area contributed by atoms with Crippen LogP contribution < -0.4 is 10.6 Å². The van der Waals surface area contributed by atoms with Gasteiger partial charge in [0.1, 0.15) is 11.3 Å². The Morgan fingerprint density at radius 2 is 1.55 bits per heavy atom. The van der Waals surface area contributed by atoms with Gasteiger partial charge >= 0.3 is 0 Å². The molecule has 0 radical (unpaired) electrons. The van der Waals surface area contributed by atoms with Crippen molar-refractivity contribution in [2.75, 3.05) is 10.6 Å². The van der Waals surface area contributed by atoms with Crippen molar-refractivity contribution in [3.05, 3.63) is 106 Å². The topological polar surface area (TPSA) is 41.9 Å². The van der Waals surface area contributed by atoms with Gasteiger partial charge in [-0.2, -0.15) is 0 Å². The molecule has 42 heavy (non-hydrogen) atoms. The number of anilines is 3. The van der Waals surface area contributed by atoms with Gasteiger partial charge in [0.25, 0.3) is 0 Å². The van der Waals surface area contributed by atoms with Gasteiger partial charge in [-0.25, -0.2) is 4.98 Å². The molecule has 1 heterocycles. The lowest BCUT2D eigenvalue weighted by molar-refractivity contribution is 0.600. The fourth-order valence-corrected chi connectivity index (χ4v) is 6.74. The fraction of sp³-hybridized carbons (Fsp3) is 0.342. The van der Waals surface area contributed by atoms with E-state index in [0.29, 0.717) is 11.8 Å². The SMILES string of the molecule is Cc1cc(Nc2c(C(C)C)cccc2C(C)C)c2nc(-c3cccc4c3C(Nc3ccccc3C)CCC4)n(C)c2c1. The second kappa shape index (κ2) is 11.3. The van der Waals surface area contributed by atoms with Crippen LogP contribution in [0.3, 0.4) is 0 Å². The second-order valence-electron chi connectivity index (χ2n) is 12.7. The van der Waals surface area contributed by atoms with E-state index < -0.39 is 0 Å². The lowest BCUT2D eigenvalue weighted by Gasteiger charge is -2.30. The lowest BCUT2D eigenvalue weighted by atomic mass is 9.84. The maximum absolute atomic E-state index is 5.41. The van der Waals surface area contributed by atoms with Gasteiger partial charge in [0.05, 0.1) is 17.2 Å². The molecule has 0 saturated carbocycles. The summed E-state index contributed by atoms with van der Waals surface area (Å²) in [7, 11) is 2.17. The number of imidazole rings is 1. The minimum atomic E-state index is 0.247. The summed E-state index contributed by atoms with van der Waals surface area (Å²) in [5.41, 5.74) is 14.9. The number of rotatable bonds is 7. The van der Waals surface area contributed by atoms with E-state index in [9.17, 15) is 0 Å². The highest BCUT2D eigenvalue weighted by Gasteiger charge is 2.27. The van der Waals surface area contributed by atoms with Gasteiger partial charge in [-0.05, 0) is 96.5 Å². The van der Waals surface area contributed by atoms with Gasteiger partial charge in [-0.3, -0.25) is 0 Å². The number of hydrogen-bond acceptors (Lipinski definition) is 3. The first-order chi connectivity index (χ1) is 20.2. The monoisotopic (exact) mass is 556 g/mol. The molecule has 0 saturated heterocycles. The Labute approximate surface area is 251 Å². The van der Waals surface area contributed by atoms with Gasteiger partial charge in [-0.1, -0.05) is 82.3 Å². The van der Waals surface area contributed by atoms with E-state index in [2.05, 4.69) is 137 Å². The minimum absolute atomic E-state index is 0.247. The molecule has 0 amide bonds. The first-order valence-corrected chi connectivity index (χ1v) is 15.5. The van der Waals surface area contributed by atoms with E-state index in [4.69, 9.17) is 4.98 Å². The maximum Gasteiger partial charge on any atom is 0.141 e. The normalized spacial score (nSPS) is 14.9. The summed E-state index contributed by atoms with van der Waals surface area (Å²) >= 11 is 0. The molecule has 4 heteroatoms. The van der Waals surface area contributed by atoms with Crippen molar-refractivity contribution in [1.29, 1.82) is 0 Å². The molecule has 6 rings (SSSR count). The fourth-order valence-electron chi connectivity index (χ4n) is 6.74. The molecule has 1 aliphatic carbocycles. The van der Waals surface area contributed by atoms with Gasteiger partial charge < -0.3 is 15.2 Å². The van der Waals surface area contributed by atoms with Crippen molar-refractivity contribution < 1.29 is 0 Å². The summed E-state index contributed by atoms with van der Waals surface area (Å²) in [6, 6.07) is 26.9. The molecule has 4 aromatic carbocycles. The van der Waals surface area contributed by atoms with Gasteiger partial charge in [-0.15, -0.1) is 0 Å². The zero-order valence-electron chi connectivity index (χ0n) is 26.2. The zero-order valence-corrected chi connectivity index (χ0v) is 26.2. The molecule has 1 atom stereocenters. The Morgan fingerprint density at radius 3 is 2.26 bits per heavy atom. The number of hydrogen-bond donors (Lipinski definition) is 2. The summed E-state index contributed by atoms with van der Waals surface area (Å²) in [6.07, 6.45) is 3.40. The molecule has 4 nitrogen and oxygen atoms in total. The van der Waals surface area contributed by atoms with Crippen LogP contribution in [0.25, 0.3) is 22.4 Å². The Hall–Kier alpha value is -4.05. The molecule has 1 aromatic heterocycles. The van der Waals surface area contributed by atoms with Crippen LogP contribution in [0.2, 0.25) is 0 Å². The van der Waals surface area contributed by atoms with E-state index >= 15 is 0 Å². The van der Waals surface area contributed by atoms with Crippen molar-refractivity contribution in [2.45, 2.75) is 78.7 Å². The van der Waals surface area contributed by atoms with Gasteiger partial charge in [0, 0.05) is 24.0 Å². The average molecular weight is 557 g/mol. The Morgan fingerprint density at radius 1 is 0.833 bits per heavy atom. The van der Waals surface area contributed by atoms with Crippen molar-refractivity contribution in [1.82, 2.24) is 9.55 Å². The minimum Gasteiger partial charge on any atom is -0.378 e. The number of nitrogens with zero attached hydrogens (tertiary/aromatic N) is 2. The number of benzene rings is 4. The average Bonchev–Trinajstić information content (AvgIpc) is 3.29. The summed E-state index contributed by atoms with van der Waals surface area (Å²) in [5.74, 6) is 1.86. The van der Waals surface area contributed by atoms with E-state index in [1.165, 1.54) is 56.7 Å². The first kappa shape index (κ1) is 28.1. The van der Waals surface area contributed by atoms with Crippen molar-refractivity contribution in [2.24, 2.45) is 7.05 Å². The Balaban J connectivity index is 1.49. The highest BCUT2D eigenvalue weighted by Crippen LogP contribution is 2.42. The van der Waals surface area contributed by atoms with Gasteiger partial charge in [0.15, 0.2) is 0 Å². The van der Waals surface area contributed by atoms with Crippen LogP contribution in [0.4, 0.5) is 17.1 Å². The van der Waals surface area contributed by atoms with Crippen LogP contribution in [-0.2, 0) is 13.5 Å². The van der Waals surface area contributed by atoms with E-state index in [1.807, 2.05) is 0 Å². The van der Waals surface area contributed by atoms with Crippen LogP contribution in [0.1, 0.15) is 91.8 Å². The third-order valence-electron chi connectivity index (χ3n) is 8.96. The predicted molar refractivity (Wildman–Crippen MR) is 179 cm³/mol. The van der Waals surface area contributed by atoms with Crippen LogP contribution in [0.15, 0.2) is 72.8 Å². The molecule has 5 aromatic rings. The quantitative estimate of drug-likeness (QED) is 0.209. The molecule has 2 N–H and O–H groups in total. The van der Waals surface area contributed by atoms with Gasteiger partial charge in [0.2, 0.25) is 0 Å². The third-order valence-corrected chi connectivity index (χ3v) is 8.96. The van der Waals surface area contributed by atoms with Crippen LogP contribution in [-0.4, -0.2) is 9.55 Å². The number of aryl methyl sites for hydroxylation is 4. The summed E-state index contributed by atoms with van der Waals surface area (Å²) in [5, 5.41) is 7.81. The number of aromatic nitrogens is 2. The second-order valence-corrected chi connectivity index (χ2v) is 12.7. The number of para-hydroxylation sites is 2. The van der Waals surface area contributed by atoms with E-state index in [-0.39, 0.29) is 6.04 Å². The van der Waals surface area contributed by atoms with Crippen molar-refractivity contribution >= 4 is 28.1 Å². The number of fused-ring (bicyclic) bond motifs is 2. The largest absolute Gasteiger partial charge is 0.378 e. The van der Waals surface area contributed by atoms with Crippen LogP contribution in [0, 0.1) is 13.8 Å². The van der Waals surface area contributed by atoms with E-state index in [1.54, 1.807) is 0 Å². The van der Waals surface area contributed by atoms with E-state index in [0.717, 1.165) is 35.4 Å². The summed E-state index contributed by atoms with van der Waals surface area (Å²) in [6.45, 7) is 13.5. The molecule has 216 valence electrons. The molecule has 0 aliphatic heterocycles. The Bertz CT molecular complexity index is 1730. The smallest absolute Gasteiger partial charge is 0.141 e. The molecular weight excluding hydrogens is 512 g/mol. The highest BCUT2D eigenvalue weighted by molar-refractivity contribution is 5.94. The van der Waals surface area contributed by atoms with Crippen molar-refractivity contribution in [3.8, 4) is 11.4 Å². The van der Waals surface area contributed by atoms with Crippen LogP contribution in [0.5, 0.6) is 0 Å². The molecule has 1 unspecified atom stereocenters. The first-order valence-electron chi connectivity index (χ1n) is 15.5. The predicted octanol–water partition coefficient (Wildman–Crippen LogP) is 10.3. The molecule has 0 spiro atoms. The van der Waals surface area contributed by atoms with Crippen molar-refractivity contribution in [3.63, 3.8) is 0 Å². The zero-order chi connectivity index (χ0) is 29.5. The Kier molecular flexibility index (Phi) is 7.57. The maximum atomic E-state index is 5.41. The highest BCUT2D eigenvalue weighted by atomic mass is 15.1. The summed E-state index contributed by atoms with van der Waals surface area (Å²) in [4.78, 5) is 5.41. The number of nitrogens with one attached hydrogen (secondary N) is 2. The molecule has 0 fully saturated rings.